The highest BCUT2D eigenvalue weighted by atomic mass is 16.7. The zero-order valence-corrected chi connectivity index (χ0v) is 13.5. The summed E-state index contributed by atoms with van der Waals surface area (Å²) in [5, 5.41) is 12.5. The second-order valence-electron chi connectivity index (χ2n) is 5.61. The summed E-state index contributed by atoms with van der Waals surface area (Å²) in [6, 6.07) is 6.46. The van der Waals surface area contributed by atoms with Crippen LogP contribution in [0, 0.1) is 0 Å². The number of anilines is 1. The van der Waals surface area contributed by atoms with Crippen LogP contribution in [0.5, 0.6) is 5.75 Å². The Kier molecular flexibility index (Phi) is 7.12. The van der Waals surface area contributed by atoms with Crippen LogP contribution in [0.2, 0.25) is 0 Å². The topological polar surface area (TPSA) is 83.1 Å². The molecule has 0 saturated carbocycles. The Morgan fingerprint density at radius 1 is 1.26 bits per heavy atom. The molecule has 1 unspecified atom stereocenters. The summed E-state index contributed by atoms with van der Waals surface area (Å²) in [5.74, 6) is 0.716. The molecule has 1 aliphatic rings. The van der Waals surface area contributed by atoms with E-state index in [0.717, 1.165) is 13.1 Å². The number of benzene rings is 1. The number of nitrogens with one attached hydrogen (secondary N) is 2. The predicted molar refractivity (Wildman–Crippen MR) is 87.4 cm³/mol. The van der Waals surface area contributed by atoms with Crippen molar-refractivity contribution in [3.05, 3.63) is 24.3 Å². The Balaban J connectivity index is 1.61. The van der Waals surface area contributed by atoms with E-state index in [2.05, 4.69) is 15.7 Å². The van der Waals surface area contributed by atoms with Gasteiger partial charge < -0.3 is 20.1 Å². The van der Waals surface area contributed by atoms with Crippen LogP contribution in [0.4, 0.5) is 10.5 Å². The van der Waals surface area contributed by atoms with Crippen molar-refractivity contribution < 1.29 is 19.5 Å². The van der Waals surface area contributed by atoms with Gasteiger partial charge in [-0.15, -0.1) is 0 Å². The first-order valence-electron chi connectivity index (χ1n) is 7.90. The number of carbonyl (C=O) groups excluding carboxylic acids is 1. The van der Waals surface area contributed by atoms with Gasteiger partial charge in [0.15, 0.2) is 0 Å². The Morgan fingerprint density at radius 3 is 2.61 bits per heavy atom. The second-order valence-corrected chi connectivity index (χ2v) is 5.61. The van der Waals surface area contributed by atoms with Crippen molar-refractivity contribution in [3.8, 4) is 5.75 Å². The van der Waals surface area contributed by atoms with E-state index >= 15 is 0 Å². The van der Waals surface area contributed by atoms with Crippen molar-refractivity contribution in [2.75, 3.05) is 38.7 Å². The van der Waals surface area contributed by atoms with Crippen LogP contribution in [-0.2, 0) is 4.84 Å². The van der Waals surface area contributed by atoms with Crippen molar-refractivity contribution in [1.29, 1.82) is 0 Å². The van der Waals surface area contributed by atoms with Crippen LogP contribution >= 0.6 is 0 Å². The first kappa shape index (κ1) is 17.5. The van der Waals surface area contributed by atoms with Crippen LogP contribution in [0.1, 0.15) is 19.3 Å². The lowest BCUT2D eigenvalue weighted by Gasteiger charge is -2.28. The maximum absolute atomic E-state index is 11.7. The molecule has 128 valence electrons. The van der Waals surface area contributed by atoms with Crippen LogP contribution in [0.15, 0.2) is 24.3 Å². The Bertz CT molecular complexity index is 475. The summed E-state index contributed by atoms with van der Waals surface area (Å²) in [7, 11) is 1.58. The van der Waals surface area contributed by atoms with Gasteiger partial charge in [0.25, 0.3) is 0 Å². The molecule has 1 aliphatic heterocycles. The number of nitrogens with zero attached hydrogens (tertiary/aromatic N) is 1. The minimum Gasteiger partial charge on any atom is -0.497 e. The summed E-state index contributed by atoms with van der Waals surface area (Å²) in [4.78, 5) is 18.9. The van der Waals surface area contributed by atoms with Crippen molar-refractivity contribution in [3.63, 3.8) is 0 Å². The molecule has 1 heterocycles. The van der Waals surface area contributed by atoms with Gasteiger partial charge in [-0.25, -0.2) is 10.3 Å². The fraction of sp³-hybridized carbons (Fsp3) is 0.562. The first-order valence-corrected chi connectivity index (χ1v) is 7.90. The fourth-order valence-electron chi connectivity index (χ4n) is 2.53. The summed E-state index contributed by atoms with van der Waals surface area (Å²) >= 11 is 0. The molecule has 0 aliphatic carbocycles. The second kappa shape index (κ2) is 9.34. The molecule has 7 nitrogen and oxygen atoms in total. The number of amides is 2. The molecule has 2 rings (SSSR count). The lowest BCUT2D eigenvalue weighted by Crippen LogP contribution is -2.40. The predicted octanol–water partition coefficient (Wildman–Crippen LogP) is 1.60. The summed E-state index contributed by atoms with van der Waals surface area (Å²) in [6.07, 6.45) is 3.00. The number of hydroxylamine groups is 1. The molecule has 2 amide bonds. The highest BCUT2D eigenvalue weighted by molar-refractivity contribution is 5.88. The summed E-state index contributed by atoms with van der Waals surface area (Å²) in [5.41, 5.74) is 2.89. The molecule has 1 fully saturated rings. The highest BCUT2D eigenvalue weighted by Crippen LogP contribution is 2.14. The molecular weight excluding hydrogens is 298 g/mol. The Morgan fingerprint density at radius 2 is 1.96 bits per heavy atom. The number of carbonyl (C=O) groups is 1. The molecule has 0 spiro atoms. The van der Waals surface area contributed by atoms with Crippen molar-refractivity contribution in [1.82, 2.24) is 10.4 Å². The maximum atomic E-state index is 11.7. The Hall–Kier alpha value is -1.83. The van der Waals surface area contributed by atoms with E-state index in [0.29, 0.717) is 18.0 Å². The summed E-state index contributed by atoms with van der Waals surface area (Å²) < 4.78 is 5.04. The smallest absolute Gasteiger partial charge is 0.343 e. The number of β-amino-alcohol motifs (C(OH)–C–C–N with tert-alkyl or cyclic N) is 1. The number of rotatable bonds is 7. The lowest BCUT2D eigenvalue weighted by atomic mass is 10.1. The minimum atomic E-state index is -0.616. The van der Waals surface area contributed by atoms with Gasteiger partial charge in [-0.1, -0.05) is 6.42 Å². The van der Waals surface area contributed by atoms with E-state index in [1.807, 2.05) is 0 Å². The van der Waals surface area contributed by atoms with Gasteiger partial charge in [-0.3, -0.25) is 4.84 Å². The van der Waals surface area contributed by atoms with E-state index < -0.39 is 12.1 Å². The zero-order valence-electron chi connectivity index (χ0n) is 13.5. The number of likely N-dealkylation sites (tertiary alicyclic amines) is 1. The number of aliphatic hydroxyl groups is 1. The van der Waals surface area contributed by atoms with Crippen molar-refractivity contribution in [2.45, 2.75) is 25.4 Å². The van der Waals surface area contributed by atoms with Gasteiger partial charge in [0.05, 0.1) is 13.2 Å². The van der Waals surface area contributed by atoms with E-state index in [4.69, 9.17) is 9.57 Å². The number of urea groups is 1. The molecule has 1 aromatic rings. The lowest BCUT2D eigenvalue weighted by molar-refractivity contribution is -0.0156. The third-order valence-electron chi connectivity index (χ3n) is 3.71. The number of methoxy groups -OCH3 is 1. The van der Waals surface area contributed by atoms with Crippen molar-refractivity contribution >= 4 is 11.7 Å². The largest absolute Gasteiger partial charge is 0.497 e. The molecule has 0 radical (unpaired) electrons. The van der Waals surface area contributed by atoms with Gasteiger partial charge in [-0.2, -0.15) is 0 Å². The number of hydrogen-bond acceptors (Lipinski definition) is 5. The number of hydrogen-bond donors (Lipinski definition) is 3. The SMILES string of the molecule is COc1ccc(NC(=O)NOCC(O)CN2CCCCC2)cc1. The molecule has 1 saturated heterocycles. The number of ether oxygens (including phenoxy) is 1. The van der Waals surface area contributed by atoms with Gasteiger partial charge >= 0.3 is 6.03 Å². The van der Waals surface area contributed by atoms with Crippen LogP contribution in [0.3, 0.4) is 0 Å². The van der Waals surface area contributed by atoms with E-state index in [9.17, 15) is 9.90 Å². The van der Waals surface area contributed by atoms with Gasteiger partial charge in [0.2, 0.25) is 0 Å². The first-order chi connectivity index (χ1) is 11.2. The fourth-order valence-corrected chi connectivity index (χ4v) is 2.53. The number of aliphatic hydroxyl groups excluding tert-OH is 1. The quantitative estimate of drug-likeness (QED) is 0.664. The molecule has 1 aromatic carbocycles. The molecule has 3 N–H and O–H groups in total. The van der Waals surface area contributed by atoms with Crippen molar-refractivity contribution in [2.24, 2.45) is 0 Å². The zero-order chi connectivity index (χ0) is 16.5. The summed E-state index contributed by atoms with van der Waals surface area (Å²) in [6.45, 7) is 2.67. The maximum Gasteiger partial charge on any atom is 0.343 e. The highest BCUT2D eigenvalue weighted by Gasteiger charge is 2.15. The third-order valence-corrected chi connectivity index (χ3v) is 3.71. The normalized spacial score (nSPS) is 16.6. The standard InChI is InChI=1S/C16H25N3O4/c1-22-15-7-5-13(6-8-15)17-16(21)18-23-12-14(20)11-19-9-3-2-4-10-19/h5-8,14,20H,2-4,9-12H2,1H3,(H2,17,18,21). The van der Waals surface area contributed by atoms with E-state index in [1.165, 1.54) is 19.3 Å². The van der Waals surface area contributed by atoms with Crippen LogP contribution in [0.25, 0.3) is 0 Å². The molecule has 0 bridgehead atoms. The van der Waals surface area contributed by atoms with Gasteiger partial charge in [-0.05, 0) is 50.2 Å². The van der Waals surface area contributed by atoms with E-state index in [-0.39, 0.29) is 6.61 Å². The molecule has 0 aromatic heterocycles. The average molecular weight is 323 g/mol. The number of piperidine rings is 1. The monoisotopic (exact) mass is 323 g/mol. The van der Waals surface area contributed by atoms with E-state index in [1.54, 1.807) is 31.4 Å². The molecular formula is C16H25N3O4. The Labute approximate surface area is 136 Å². The van der Waals surface area contributed by atoms with Crippen LogP contribution in [-0.4, -0.2) is 55.5 Å². The average Bonchev–Trinajstić information content (AvgIpc) is 2.56. The minimum absolute atomic E-state index is 0.0620. The molecule has 23 heavy (non-hydrogen) atoms. The third kappa shape index (κ3) is 6.43. The molecule has 1 atom stereocenters. The molecule has 7 heteroatoms. The van der Waals surface area contributed by atoms with Gasteiger partial charge in [0.1, 0.15) is 12.4 Å². The van der Waals surface area contributed by atoms with Gasteiger partial charge in [0, 0.05) is 12.2 Å². The van der Waals surface area contributed by atoms with Crippen LogP contribution < -0.4 is 15.5 Å².